The summed E-state index contributed by atoms with van der Waals surface area (Å²) < 4.78 is 5.60. The number of hydrogen-bond acceptors (Lipinski definition) is 7. The summed E-state index contributed by atoms with van der Waals surface area (Å²) in [5.41, 5.74) is 0.753. The van der Waals surface area contributed by atoms with Gasteiger partial charge < -0.3 is 19.7 Å². The highest BCUT2D eigenvalue weighted by Crippen LogP contribution is 2.35. The van der Waals surface area contributed by atoms with Gasteiger partial charge in [0.05, 0.1) is 16.9 Å². The fraction of sp³-hybridized carbons (Fsp3) is 0.105. The van der Waals surface area contributed by atoms with E-state index in [1.807, 2.05) is 0 Å². The second-order valence-corrected chi connectivity index (χ2v) is 7.76. The zero-order valence-corrected chi connectivity index (χ0v) is 16.6. The monoisotopic (exact) mass is 447 g/mol. The van der Waals surface area contributed by atoms with E-state index >= 15 is 0 Å². The van der Waals surface area contributed by atoms with E-state index in [1.54, 1.807) is 24.3 Å². The van der Waals surface area contributed by atoms with Crippen LogP contribution < -0.4 is 0 Å². The van der Waals surface area contributed by atoms with E-state index in [0.29, 0.717) is 11.3 Å². The van der Waals surface area contributed by atoms with E-state index in [1.165, 1.54) is 18.2 Å². The van der Waals surface area contributed by atoms with E-state index in [0.717, 1.165) is 16.7 Å². The maximum Gasteiger partial charge on any atom is 0.335 e. The number of aromatic carboxylic acids is 1. The molecule has 1 aromatic carbocycles. The van der Waals surface area contributed by atoms with Gasteiger partial charge in [0.15, 0.2) is 0 Å². The van der Waals surface area contributed by atoms with E-state index < -0.39 is 36.3 Å². The van der Waals surface area contributed by atoms with E-state index in [9.17, 15) is 24.3 Å². The van der Waals surface area contributed by atoms with Gasteiger partial charge in [-0.05, 0) is 24.3 Å². The number of benzene rings is 1. The van der Waals surface area contributed by atoms with Gasteiger partial charge in [-0.25, -0.2) is 9.59 Å². The first-order valence-corrected chi connectivity index (χ1v) is 9.55. The van der Waals surface area contributed by atoms with Gasteiger partial charge >= 0.3 is 17.9 Å². The molecule has 1 amide bonds. The van der Waals surface area contributed by atoms with Crippen LogP contribution in [0.4, 0.5) is 0 Å². The summed E-state index contributed by atoms with van der Waals surface area (Å²) in [6, 6.07) is 7.62. The zero-order valence-electron chi connectivity index (χ0n) is 15.0. The summed E-state index contributed by atoms with van der Waals surface area (Å²) in [6.45, 7) is 0. The van der Waals surface area contributed by atoms with Gasteiger partial charge in [-0.2, -0.15) is 0 Å². The van der Waals surface area contributed by atoms with Crippen LogP contribution in [0.15, 0.2) is 45.7 Å². The number of aliphatic carboxylic acids is 2. The Balaban J connectivity index is 1.83. The topological polar surface area (TPSA) is 145 Å². The smallest absolute Gasteiger partial charge is 0.335 e. The van der Waals surface area contributed by atoms with Crippen molar-refractivity contribution in [3.63, 3.8) is 0 Å². The fourth-order valence-electron chi connectivity index (χ4n) is 2.69. The zero-order chi connectivity index (χ0) is 22.0. The minimum absolute atomic E-state index is 0.0593. The molecule has 30 heavy (non-hydrogen) atoms. The maximum atomic E-state index is 12.6. The fourth-order valence-corrected chi connectivity index (χ4v) is 4.03. The average molecular weight is 447 g/mol. The van der Waals surface area contributed by atoms with Crippen molar-refractivity contribution in [2.24, 2.45) is 0 Å². The van der Waals surface area contributed by atoms with Crippen LogP contribution in [-0.2, 0) is 14.4 Å². The van der Waals surface area contributed by atoms with Crippen molar-refractivity contribution in [1.82, 2.24) is 4.90 Å². The Morgan fingerprint density at radius 2 is 1.77 bits per heavy atom. The molecule has 1 fully saturated rings. The van der Waals surface area contributed by atoms with Crippen molar-refractivity contribution < 1.29 is 38.9 Å². The molecule has 2 aromatic rings. The number of nitrogens with zero attached hydrogens (tertiary/aromatic N) is 1. The summed E-state index contributed by atoms with van der Waals surface area (Å²) in [7, 11) is 0. The molecule has 11 heteroatoms. The molecule has 1 aliphatic heterocycles. The van der Waals surface area contributed by atoms with Crippen molar-refractivity contribution in [2.45, 2.75) is 12.5 Å². The molecule has 0 saturated carbocycles. The van der Waals surface area contributed by atoms with Gasteiger partial charge in [0, 0.05) is 11.6 Å². The molecular formula is C19H13NO8S2. The minimum atomic E-state index is -1.61. The highest BCUT2D eigenvalue weighted by Gasteiger charge is 2.41. The van der Waals surface area contributed by atoms with E-state index in [2.05, 4.69) is 0 Å². The van der Waals surface area contributed by atoms with Crippen LogP contribution in [-0.4, -0.2) is 54.4 Å². The molecule has 154 valence electrons. The van der Waals surface area contributed by atoms with Gasteiger partial charge in [0.2, 0.25) is 0 Å². The summed E-state index contributed by atoms with van der Waals surface area (Å²) in [4.78, 5) is 46.8. The van der Waals surface area contributed by atoms with Crippen molar-refractivity contribution in [2.75, 3.05) is 0 Å². The first kappa shape index (κ1) is 21.3. The molecule has 1 atom stereocenters. The van der Waals surface area contributed by atoms with Crippen molar-refractivity contribution >= 4 is 58.2 Å². The summed E-state index contributed by atoms with van der Waals surface area (Å²) in [5, 5.41) is 27.1. The molecule has 1 unspecified atom stereocenters. The standard InChI is InChI=1S/C19H13NO8S2/c21-15(22)8-12(18(26)27)20-16(23)14(30-19(20)29)7-11-5-6-13(28-11)9-1-3-10(4-2-9)17(24)25/h1-7,12H,8H2,(H,21,22)(H,24,25)(H,26,27). The SMILES string of the molecule is O=C(O)CC(C(=O)O)N1C(=O)C(=Cc2ccc(-c3ccc(C(=O)O)cc3)o2)SC1=S. The third-order valence-electron chi connectivity index (χ3n) is 4.10. The number of carboxylic acids is 3. The van der Waals surface area contributed by atoms with Crippen LogP contribution in [0, 0.1) is 0 Å². The van der Waals surface area contributed by atoms with Crippen LogP contribution in [0.3, 0.4) is 0 Å². The van der Waals surface area contributed by atoms with Crippen LogP contribution in [0.1, 0.15) is 22.5 Å². The number of amides is 1. The van der Waals surface area contributed by atoms with Crippen LogP contribution in [0.2, 0.25) is 0 Å². The lowest BCUT2D eigenvalue weighted by Crippen LogP contribution is -2.45. The Morgan fingerprint density at radius 3 is 2.33 bits per heavy atom. The molecule has 3 rings (SSSR count). The number of carboxylic acid groups (broad SMARTS) is 3. The molecule has 0 spiro atoms. The molecule has 9 nitrogen and oxygen atoms in total. The normalized spacial score (nSPS) is 16.1. The number of carbonyl (C=O) groups excluding carboxylic acids is 1. The Bertz CT molecular complexity index is 1090. The lowest BCUT2D eigenvalue weighted by Gasteiger charge is -2.21. The third kappa shape index (κ3) is 4.42. The molecule has 1 aromatic heterocycles. The second-order valence-electron chi connectivity index (χ2n) is 6.09. The third-order valence-corrected chi connectivity index (χ3v) is 5.44. The summed E-state index contributed by atoms with van der Waals surface area (Å²) in [5.74, 6) is -3.89. The number of hydrogen-bond donors (Lipinski definition) is 3. The predicted molar refractivity (Wildman–Crippen MR) is 110 cm³/mol. The minimum Gasteiger partial charge on any atom is -0.481 e. The van der Waals surface area contributed by atoms with Crippen LogP contribution in [0.5, 0.6) is 0 Å². The highest BCUT2D eigenvalue weighted by molar-refractivity contribution is 8.26. The van der Waals surface area contributed by atoms with Gasteiger partial charge in [0.1, 0.15) is 21.9 Å². The number of rotatable bonds is 7. The molecule has 1 aliphatic rings. The molecule has 2 heterocycles. The first-order chi connectivity index (χ1) is 14.2. The first-order valence-electron chi connectivity index (χ1n) is 8.32. The summed E-state index contributed by atoms with van der Waals surface area (Å²) >= 11 is 5.91. The Kier molecular flexibility index (Phi) is 6.04. The van der Waals surface area contributed by atoms with E-state index in [4.69, 9.17) is 26.8 Å². The van der Waals surface area contributed by atoms with Gasteiger partial charge in [-0.3, -0.25) is 14.5 Å². The average Bonchev–Trinajstić information content (AvgIpc) is 3.25. The Morgan fingerprint density at radius 1 is 1.10 bits per heavy atom. The van der Waals surface area contributed by atoms with Gasteiger partial charge in [0.25, 0.3) is 5.91 Å². The lowest BCUT2D eigenvalue weighted by atomic mass is 10.1. The van der Waals surface area contributed by atoms with Crippen LogP contribution >= 0.6 is 24.0 Å². The molecular weight excluding hydrogens is 434 g/mol. The largest absolute Gasteiger partial charge is 0.481 e. The predicted octanol–water partition coefficient (Wildman–Crippen LogP) is 2.77. The molecule has 0 radical (unpaired) electrons. The van der Waals surface area contributed by atoms with Crippen molar-refractivity contribution in [1.29, 1.82) is 0 Å². The highest BCUT2D eigenvalue weighted by atomic mass is 32.2. The lowest BCUT2D eigenvalue weighted by molar-refractivity contribution is -0.150. The molecule has 3 N–H and O–H groups in total. The Labute approximate surface area is 178 Å². The second kappa shape index (κ2) is 8.51. The quantitative estimate of drug-likeness (QED) is 0.428. The van der Waals surface area contributed by atoms with Crippen molar-refractivity contribution in [3.05, 3.63) is 52.6 Å². The number of furan rings is 1. The van der Waals surface area contributed by atoms with E-state index in [-0.39, 0.29) is 20.5 Å². The van der Waals surface area contributed by atoms with Gasteiger partial charge in [-0.1, -0.05) is 36.1 Å². The maximum absolute atomic E-state index is 12.6. The number of thioether (sulfide) groups is 1. The molecule has 0 bridgehead atoms. The number of carbonyl (C=O) groups is 4. The van der Waals surface area contributed by atoms with Gasteiger partial charge in [-0.15, -0.1) is 0 Å². The van der Waals surface area contributed by atoms with Crippen molar-refractivity contribution in [3.8, 4) is 11.3 Å². The molecule has 1 saturated heterocycles. The van der Waals surface area contributed by atoms with Crippen LogP contribution in [0.25, 0.3) is 17.4 Å². The Hall–Kier alpha value is -3.44. The molecule has 0 aliphatic carbocycles. The summed E-state index contributed by atoms with van der Waals surface area (Å²) in [6.07, 6.45) is 0.598. The number of thiocarbonyl (C=S) groups is 1.